The number of benzene rings is 2. The van der Waals surface area contributed by atoms with Crippen molar-refractivity contribution in [3.63, 3.8) is 0 Å². The van der Waals surface area contributed by atoms with E-state index in [1.807, 2.05) is 39.0 Å². The van der Waals surface area contributed by atoms with E-state index in [0.717, 1.165) is 17.1 Å². The lowest BCUT2D eigenvalue weighted by molar-refractivity contribution is -0.112. The minimum atomic E-state index is -0.459. The van der Waals surface area contributed by atoms with Gasteiger partial charge in [-0.2, -0.15) is 5.26 Å². The summed E-state index contributed by atoms with van der Waals surface area (Å²) in [6.45, 7) is 6.38. The highest BCUT2D eigenvalue weighted by Crippen LogP contribution is 2.18. The van der Waals surface area contributed by atoms with Crippen LogP contribution >= 0.6 is 0 Å². The highest BCUT2D eigenvalue weighted by molar-refractivity contribution is 6.09. The first-order chi connectivity index (χ1) is 12.5. The highest BCUT2D eigenvalue weighted by Gasteiger charge is 2.10. The van der Waals surface area contributed by atoms with E-state index in [9.17, 15) is 10.1 Å². The molecule has 0 aliphatic rings. The van der Waals surface area contributed by atoms with Gasteiger partial charge in [-0.25, -0.2) is 0 Å². The first kappa shape index (κ1) is 19.1. The standard InChI is InChI=1S/C21H22N2O3/c1-4-25-19-11-7-18(8-12-19)23-21(24)17(14-22)13-16-5-9-20(10-6-16)26-15(2)3/h5-13,15H,4H2,1-3H3,(H,23,24)/b17-13-. The van der Waals surface area contributed by atoms with Gasteiger partial charge in [0.05, 0.1) is 12.7 Å². The van der Waals surface area contributed by atoms with E-state index in [4.69, 9.17) is 9.47 Å². The lowest BCUT2D eigenvalue weighted by atomic mass is 10.1. The predicted octanol–water partition coefficient (Wildman–Crippen LogP) is 4.42. The number of carbonyl (C=O) groups excluding carboxylic acids is 1. The summed E-state index contributed by atoms with van der Waals surface area (Å²) in [7, 11) is 0. The monoisotopic (exact) mass is 350 g/mol. The van der Waals surface area contributed by atoms with Crippen molar-refractivity contribution in [3.8, 4) is 17.6 Å². The van der Waals surface area contributed by atoms with Gasteiger partial charge >= 0.3 is 0 Å². The molecule has 0 unspecified atom stereocenters. The highest BCUT2D eigenvalue weighted by atomic mass is 16.5. The quantitative estimate of drug-likeness (QED) is 0.593. The van der Waals surface area contributed by atoms with Gasteiger partial charge in [-0.15, -0.1) is 0 Å². The van der Waals surface area contributed by atoms with Gasteiger partial charge in [0.15, 0.2) is 0 Å². The minimum absolute atomic E-state index is 0.0245. The molecule has 5 heteroatoms. The van der Waals surface area contributed by atoms with Crippen LogP contribution < -0.4 is 14.8 Å². The summed E-state index contributed by atoms with van der Waals surface area (Å²) in [6.07, 6.45) is 1.63. The molecule has 0 aromatic heterocycles. The molecule has 134 valence electrons. The molecule has 2 aromatic rings. The van der Waals surface area contributed by atoms with Gasteiger partial charge < -0.3 is 14.8 Å². The molecule has 0 spiro atoms. The van der Waals surface area contributed by atoms with E-state index in [-0.39, 0.29) is 11.7 Å². The molecule has 0 bridgehead atoms. The van der Waals surface area contributed by atoms with E-state index in [1.165, 1.54) is 0 Å². The average Bonchev–Trinajstić information content (AvgIpc) is 2.62. The second-order valence-electron chi connectivity index (χ2n) is 5.82. The maximum absolute atomic E-state index is 12.3. The van der Waals surface area contributed by atoms with Crippen molar-refractivity contribution in [1.29, 1.82) is 5.26 Å². The number of anilines is 1. The van der Waals surface area contributed by atoms with Crippen LogP contribution in [0.5, 0.6) is 11.5 Å². The molecule has 0 fully saturated rings. The first-order valence-corrected chi connectivity index (χ1v) is 8.44. The topological polar surface area (TPSA) is 71.3 Å². The Kier molecular flexibility index (Phi) is 6.81. The third-order valence-electron chi connectivity index (χ3n) is 3.35. The Morgan fingerprint density at radius 1 is 1.12 bits per heavy atom. The molecule has 26 heavy (non-hydrogen) atoms. The Hall–Kier alpha value is -3.26. The zero-order chi connectivity index (χ0) is 18.9. The lowest BCUT2D eigenvalue weighted by Crippen LogP contribution is -2.13. The fraction of sp³-hybridized carbons (Fsp3) is 0.238. The van der Waals surface area contributed by atoms with Crippen molar-refractivity contribution < 1.29 is 14.3 Å². The fourth-order valence-corrected chi connectivity index (χ4v) is 2.23. The van der Waals surface area contributed by atoms with E-state index < -0.39 is 5.91 Å². The maximum Gasteiger partial charge on any atom is 0.266 e. The average molecular weight is 350 g/mol. The zero-order valence-corrected chi connectivity index (χ0v) is 15.2. The van der Waals surface area contributed by atoms with Crippen LogP contribution in [-0.2, 0) is 4.79 Å². The number of carbonyl (C=O) groups is 1. The van der Waals surface area contributed by atoms with Crippen molar-refractivity contribution in [2.75, 3.05) is 11.9 Å². The van der Waals surface area contributed by atoms with E-state index in [2.05, 4.69) is 5.32 Å². The van der Waals surface area contributed by atoms with Crippen LogP contribution in [0.3, 0.4) is 0 Å². The summed E-state index contributed by atoms with van der Waals surface area (Å²) >= 11 is 0. The molecule has 0 saturated heterocycles. The van der Waals surface area contributed by atoms with Crippen LogP contribution in [0.4, 0.5) is 5.69 Å². The molecule has 2 rings (SSSR count). The van der Waals surface area contributed by atoms with Crippen molar-refractivity contribution in [2.24, 2.45) is 0 Å². The Morgan fingerprint density at radius 2 is 1.73 bits per heavy atom. The van der Waals surface area contributed by atoms with Gasteiger partial charge in [0.1, 0.15) is 23.1 Å². The predicted molar refractivity (Wildman–Crippen MR) is 102 cm³/mol. The van der Waals surface area contributed by atoms with Crippen molar-refractivity contribution in [1.82, 2.24) is 0 Å². The molecule has 5 nitrogen and oxygen atoms in total. The molecule has 0 radical (unpaired) electrons. The molecule has 0 saturated carbocycles. The summed E-state index contributed by atoms with van der Waals surface area (Å²) < 4.78 is 10.9. The number of hydrogen-bond donors (Lipinski definition) is 1. The lowest BCUT2D eigenvalue weighted by Gasteiger charge is -2.09. The second-order valence-corrected chi connectivity index (χ2v) is 5.82. The summed E-state index contributed by atoms with van der Waals surface area (Å²) in [5.74, 6) is 1.01. The van der Waals surface area contributed by atoms with Gasteiger partial charge in [0, 0.05) is 5.69 Å². The van der Waals surface area contributed by atoms with Crippen LogP contribution in [-0.4, -0.2) is 18.6 Å². The second kappa shape index (κ2) is 9.28. The summed E-state index contributed by atoms with van der Waals surface area (Å²) in [6, 6.07) is 16.2. The number of hydrogen-bond acceptors (Lipinski definition) is 4. The van der Waals surface area contributed by atoms with Gasteiger partial charge in [-0.05, 0) is 68.8 Å². The summed E-state index contributed by atoms with van der Waals surface area (Å²) in [5.41, 5.74) is 1.37. The molecule has 0 atom stereocenters. The molecule has 1 amide bonds. The summed E-state index contributed by atoms with van der Waals surface area (Å²) in [5, 5.41) is 12.0. The van der Waals surface area contributed by atoms with E-state index >= 15 is 0 Å². The number of ether oxygens (including phenoxy) is 2. The van der Waals surface area contributed by atoms with Crippen molar-refractivity contribution >= 4 is 17.7 Å². The number of amides is 1. The number of nitrogens with zero attached hydrogens (tertiary/aromatic N) is 1. The molecular formula is C21H22N2O3. The maximum atomic E-state index is 12.3. The third-order valence-corrected chi connectivity index (χ3v) is 3.35. The van der Waals surface area contributed by atoms with Gasteiger partial charge in [-0.1, -0.05) is 12.1 Å². The zero-order valence-electron chi connectivity index (χ0n) is 15.2. The number of nitriles is 1. The largest absolute Gasteiger partial charge is 0.494 e. The summed E-state index contributed by atoms with van der Waals surface area (Å²) in [4.78, 5) is 12.3. The number of nitrogens with one attached hydrogen (secondary N) is 1. The fourth-order valence-electron chi connectivity index (χ4n) is 2.23. The first-order valence-electron chi connectivity index (χ1n) is 8.44. The SMILES string of the molecule is CCOc1ccc(NC(=O)/C(C#N)=C\c2ccc(OC(C)C)cc2)cc1. The van der Waals surface area contributed by atoms with Gasteiger partial charge in [0.25, 0.3) is 5.91 Å². The van der Waals surface area contributed by atoms with Crippen molar-refractivity contribution in [3.05, 3.63) is 59.7 Å². The van der Waals surface area contributed by atoms with Crippen LogP contribution in [0.15, 0.2) is 54.1 Å². The molecule has 1 N–H and O–H groups in total. The molecule has 0 heterocycles. The Balaban J connectivity index is 2.07. The Bertz CT molecular complexity index is 801. The molecule has 2 aromatic carbocycles. The smallest absolute Gasteiger partial charge is 0.266 e. The minimum Gasteiger partial charge on any atom is -0.494 e. The van der Waals surface area contributed by atoms with E-state index in [0.29, 0.717) is 12.3 Å². The van der Waals surface area contributed by atoms with Crippen LogP contribution in [0, 0.1) is 11.3 Å². The van der Waals surface area contributed by atoms with Crippen molar-refractivity contribution in [2.45, 2.75) is 26.9 Å². The van der Waals surface area contributed by atoms with Crippen LogP contribution in [0.2, 0.25) is 0 Å². The van der Waals surface area contributed by atoms with Gasteiger partial charge in [-0.3, -0.25) is 4.79 Å². The number of rotatable bonds is 7. The van der Waals surface area contributed by atoms with E-state index in [1.54, 1.807) is 42.5 Å². The molecule has 0 aliphatic carbocycles. The molecule has 0 aliphatic heterocycles. The molecular weight excluding hydrogens is 328 g/mol. The van der Waals surface area contributed by atoms with Crippen LogP contribution in [0.25, 0.3) is 6.08 Å². The normalized spacial score (nSPS) is 11.0. The van der Waals surface area contributed by atoms with Gasteiger partial charge in [0.2, 0.25) is 0 Å². The Morgan fingerprint density at radius 3 is 2.27 bits per heavy atom. The van der Waals surface area contributed by atoms with Crippen LogP contribution in [0.1, 0.15) is 26.3 Å². The Labute approximate surface area is 153 Å². The third kappa shape index (κ3) is 5.67.